The molecule has 2 aliphatic rings. The number of aromatic hydroxyl groups is 2. The summed E-state index contributed by atoms with van der Waals surface area (Å²) < 4.78 is 10.7. The highest BCUT2D eigenvalue weighted by atomic mass is 16.5. The highest BCUT2D eigenvalue weighted by Gasteiger charge is 2.24. The summed E-state index contributed by atoms with van der Waals surface area (Å²) in [4.78, 5) is 4.12. The second kappa shape index (κ2) is 5.99. The van der Waals surface area contributed by atoms with Gasteiger partial charge in [0, 0.05) is 37.8 Å². The van der Waals surface area contributed by atoms with Gasteiger partial charge in [0.05, 0.1) is 37.8 Å². The molecule has 0 unspecified atom stereocenters. The summed E-state index contributed by atoms with van der Waals surface area (Å²) in [5.74, 6) is 0.463. The molecule has 1 aromatic rings. The van der Waals surface area contributed by atoms with E-state index >= 15 is 0 Å². The first-order valence-corrected chi connectivity index (χ1v) is 7.39. The number of anilines is 2. The maximum Gasteiger partial charge on any atom is 0.144 e. The lowest BCUT2D eigenvalue weighted by Gasteiger charge is -2.34. The zero-order valence-electron chi connectivity index (χ0n) is 12.3. The van der Waals surface area contributed by atoms with Gasteiger partial charge in [0.25, 0.3) is 0 Å². The summed E-state index contributed by atoms with van der Waals surface area (Å²) in [5, 5.41) is 21.0. The number of phenolic OH excluding ortho intramolecular Hbond substituents is 2. The maximum atomic E-state index is 10.5. The van der Waals surface area contributed by atoms with Crippen molar-refractivity contribution < 1.29 is 19.7 Å². The molecule has 2 aliphatic heterocycles. The smallest absolute Gasteiger partial charge is 0.144 e. The topological polar surface area (TPSA) is 65.4 Å². The molecule has 0 saturated carbocycles. The third-order valence-electron chi connectivity index (χ3n) is 4.15. The summed E-state index contributed by atoms with van der Waals surface area (Å²) in [6.07, 6.45) is 0. The van der Waals surface area contributed by atoms with Gasteiger partial charge in [-0.25, -0.2) is 0 Å². The van der Waals surface area contributed by atoms with Crippen LogP contribution in [0.25, 0.3) is 0 Å². The fourth-order valence-corrected chi connectivity index (χ4v) is 2.99. The molecule has 2 heterocycles. The molecule has 0 spiro atoms. The van der Waals surface area contributed by atoms with E-state index in [1.807, 2.05) is 6.92 Å². The third-order valence-corrected chi connectivity index (χ3v) is 4.15. The zero-order chi connectivity index (χ0) is 14.8. The van der Waals surface area contributed by atoms with E-state index in [1.54, 1.807) is 6.07 Å². The highest BCUT2D eigenvalue weighted by Crippen LogP contribution is 2.43. The predicted octanol–water partition coefficient (Wildman–Crippen LogP) is 1.08. The molecule has 3 rings (SSSR count). The lowest BCUT2D eigenvalue weighted by atomic mass is 10.1. The van der Waals surface area contributed by atoms with E-state index in [9.17, 15) is 10.2 Å². The van der Waals surface area contributed by atoms with Crippen molar-refractivity contribution in [2.24, 2.45) is 0 Å². The van der Waals surface area contributed by atoms with Crippen LogP contribution in [0.3, 0.4) is 0 Å². The maximum absolute atomic E-state index is 10.5. The van der Waals surface area contributed by atoms with Crippen molar-refractivity contribution in [3.05, 3.63) is 11.6 Å². The molecule has 21 heavy (non-hydrogen) atoms. The second-order valence-corrected chi connectivity index (χ2v) is 5.44. The summed E-state index contributed by atoms with van der Waals surface area (Å²) in [7, 11) is 0. The van der Waals surface area contributed by atoms with Crippen molar-refractivity contribution >= 4 is 11.4 Å². The Bertz CT molecular complexity index is 509. The average molecular weight is 294 g/mol. The number of ether oxygens (including phenoxy) is 2. The monoisotopic (exact) mass is 294 g/mol. The Hall–Kier alpha value is -1.66. The van der Waals surface area contributed by atoms with Crippen LogP contribution in [0.5, 0.6) is 11.5 Å². The first-order chi connectivity index (χ1) is 10.2. The molecule has 0 aliphatic carbocycles. The Morgan fingerprint density at radius 2 is 1.43 bits per heavy atom. The van der Waals surface area contributed by atoms with E-state index < -0.39 is 0 Å². The number of rotatable bonds is 2. The van der Waals surface area contributed by atoms with E-state index in [0.29, 0.717) is 37.8 Å². The Labute approximate surface area is 124 Å². The zero-order valence-corrected chi connectivity index (χ0v) is 12.3. The van der Waals surface area contributed by atoms with Gasteiger partial charge in [0.15, 0.2) is 0 Å². The molecule has 0 bridgehead atoms. The van der Waals surface area contributed by atoms with Gasteiger partial charge < -0.3 is 29.5 Å². The first-order valence-electron chi connectivity index (χ1n) is 7.39. The van der Waals surface area contributed by atoms with Gasteiger partial charge >= 0.3 is 0 Å². The minimum Gasteiger partial charge on any atom is -0.506 e. The number of phenols is 2. The molecule has 2 N–H and O–H groups in total. The molecule has 2 fully saturated rings. The van der Waals surface area contributed by atoms with Crippen LogP contribution < -0.4 is 9.80 Å². The molecule has 0 aromatic heterocycles. The normalized spacial score (nSPS) is 19.9. The van der Waals surface area contributed by atoms with E-state index in [2.05, 4.69) is 9.80 Å². The Morgan fingerprint density at radius 3 is 2.00 bits per heavy atom. The largest absolute Gasteiger partial charge is 0.506 e. The molecule has 1 aromatic carbocycles. The number of hydrogen-bond donors (Lipinski definition) is 2. The molecule has 0 radical (unpaired) electrons. The van der Waals surface area contributed by atoms with Gasteiger partial charge in [-0.2, -0.15) is 0 Å². The van der Waals surface area contributed by atoms with Crippen molar-refractivity contribution in [1.82, 2.24) is 0 Å². The van der Waals surface area contributed by atoms with Crippen LogP contribution in [0.1, 0.15) is 5.56 Å². The molecule has 0 amide bonds. The second-order valence-electron chi connectivity index (χ2n) is 5.44. The standard InChI is InChI=1S/C15H22N2O4/c1-11-14(17-4-8-21-9-5-17)13(18)10-12(15(11)19)16-2-6-20-7-3-16/h10,18-19H,2-9H2,1H3. The summed E-state index contributed by atoms with van der Waals surface area (Å²) in [5.41, 5.74) is 2.12. The lowest BCUT2D eigenvalue weighted by molar-refractivity contribution is 0.122. The minimum absolute atomic E-state index is 0.216. The van der Waals surface area contributed by atoms with Crippen LogP contribution >= 0.6 is 0 Å². The van der Waals surface area contributed by atoms with Crippen molar-refractivity contribution in [3.63, 3.8) is 0 Å². The Morgan fingerprint density at radius 1 is 0.905 bits per heavy atom. The van der Waals surface area contributed by atoms with Gasteiger partial charge in [0.1, 0.15) is 11.5 Å². The van der Waals surface area contributed by atoms with Crippen molar-refractivity contribution in [1.29, 1.82) is 0 Å². The molecule has 116 valence electrons. The molecular formula is C15H22N2O4. The SMILES string of the molecule is Cc1c(O)c(N2CCOCC2)cc(O)c1N1CCOCC1. The number of morpholine rings is 2. The molecule has 2 saturated heterocycles. The van der Waals surface area contributed by atoms with E-state index in [1.165, 1.54) is 0 Å². The van der Waals surface area contributed by atoms with Crippen LogP contribution in [0.15, 0.2) is 6.07 Å². The summed E-state index contributed by atoms with van der Waals surface area (Å²) >= 11 is 0. The van der Waals surface area contributed by atoms with E-state index in [4.69, 9.17) is 9.47 Å². The van der Waals surface area contributed by atoms with Gasteiger partial charge in [0.2, 0.25) is 0 Å². The Kier molecular flexibility index (Phi) is 4.07. The average Bonchev–Trinajstić information content (AvgIpc) is 2.53. The van der Waals surface area contributed by atoms with E-state index in [-0.39, 0.29) is 11.5 Å². The predicted molar refractivity (Wildman–Crippen MR) is 80.6 cm³/mol. The number of hydrogen-bond acceptors (Lipinski definition) is 6. The molecule has 0 atom stereocenters. The number of benzene rings is 1. The Balaban J connectivity index is 1.94. The fourth-order valence-electron chi connectivity index (χ4n) is 2.99. The van der Waals surface area contributed by atoms with Crippen molar-refractivity contribution in [2.45, 2.75) is 6.92 Å². The summed E-state index contributed by atoms with van der Waals surface area (Å²) in [6.45, 7) is 7.33. The third kappa shape index (κ3) is 2.73. The van der Waals surface area contributed by atoms with Crippen LogP contribution in [0.2, 0.25) is 0 Å². The molecule has 6 nitrogen and oxygen atoms in total. The van der Waals surface area contributed by atoms with Crippen molar-refractivity contribution in [3.8, 4) is 11.5 Å². The lowest BCUT2D eigenvalue weighted by Crippen LogP contribution is -2.37. The van der Waals surface area contributed by atoms with Crippen molar-refractivity contribution in [2.75, 3.05) is 62.4 Å². The quantitative estimate of drug-likeness (QED) is 0.796. The molecule has 6 heteroatoms. The van der Waals surface area contributed by atoms with Crippen LogP contribution in [-0.4, -0.2) is 62.8 Å². The first kappa shape index (κ1) is 14.3. The van der Waals surface area contributed by atoms with Crippen LogP contribution in [0.4, 0.5) is 11.4 Å². The van der Waals surface area contributed by atoms with E-state index in [0.717, 1.165) is 31.7 Å². The fraction of sp³-hybridized carbons (Fsp3) is 0.600. The highest BCUT2D eigenvalue weighted by molar-refractivity contribution is 5.76. The molecular weight excluding hydrogens is 272 g/mol. The van der Waals surface area contributed by atoms with Gasteiger partial charge in [-0.15, -0.1) is 0 Å². The summed E-state index contributed by atoms with van der Waals surface area (Å²) in [6, 6.07) is 1.67. The van der Waals surface area contributed by atoms with Gasteiger partial charge in [-0.3, -0.25) is 0 Å². The minimum atomic E-state index is 0.216. The van der Waals surface area contributed by atoms with Gasteiger partial charge in [-0.1, -0.05) is 0 Å². The van der Waals surface area contributed by atoms with Gasteiger partial charge in [-0.05, 0) is 6.92 Å². The number of nitrogens with zero attached hydrogens (tertiary/aromatic N) is 2. The van der Waals surface area contributed by atoms with Crippen LogP contribution in [0, 0.1) is 6.92 Å². The van der Waals surface area contributed by atoms with Crippen LogP contribution in [-0.2, 0) is 9.47 Å².